The molecule has 0 aliphatic heterocycles. The molecule has 0 amide bonds. The van der Waals surface area contributed by atoms with Gasteiger partial charge in [-0.2, -0.15) is 5.10 Å². The molecule has 12 heavy (non-hydrogen) atoms. The summed E-state index contributed by atoms with van der Waals surface area (Å²) in [7, 11) is 1.64. The maximum Gasteiger partial charge on any atom is 0.183 e. The highest BCUT2D eigenvalue weighted by Crippen LogP contribution is 2.10. The van der Waals surface area contributed by atoms with E-state index in [9.17, 15) is 0 Å². The van der Waals surface area contributed by atoms with Crippen LogP contribution in [0.5, 0.6) is 0 Å². The first kappa shape index (κ1) is 9.50. The number of nitrogens with one attached hydrogen (secondary N) is 1. The number of rotatable bonds is 5. The molecule has 0 radical (unpaired) electrons. The Morgan fingerprint density at radius 2 is 2.67 bits per heavy atom. The Hall–Kier alpha value is -0.590. The van der Waals surface area contributed by atoms with E-state index in [-0.39, 0.29) is 6.04 Å². The molecule has 1 aromatic rings. The minimum absolute atomic E-state index is 0.0464. The van der Waals surface area contributed by atoms with Crippen molar-refractivity contribution in [1.82, 2.24) is 15.2 Å². The standard InChI is InChI=1S/C6H12N4OS/c1-11-2-5(7)3-12-6-8-4-9-10-6/h4-5H,2-3,7H2,1H3,(H,8,9,10). The van der Waals surface area contributed by atoms with Gasteiger partial charge in [-0.25, -0.2) is 4.98 Å². The molecule has 0 saturated heterocycles. The Bertz CT molecular complexity index is 203. The third-order valence-electron chi connectivity index (χ3n) is 1.21. The molecule has 0 aliphatic carbocycles. The van der Waals surface area contributed by atoms with Crippen LogP contribution in [0, 0.1) is 0 Å². The zero-order valence-electron chi connectivity index (χ0n) is 6.86. The number of nitrogens with two attached hydrogens (primary N) is 1. The number of H-pyrrole nitrogens is 1. The molecule has 0 fully saturated rings. The molecule has 0 saturated carbocycles. The molecule has 0 aromatic carbocycles. The number of hydrogen-bond donors (Lipinski definition) is 2. The predicted octanol–water partition coefficient (Wildman–Crippen LogP) is -0.130. The van der Waals surface area contributed by atoms with Crippen LogP contribution in [0.1, 0.15) is 0 Å². The topological polar surface area (TPSA) is 76.8 Å². The van der Waals surface area contributed by atoms with Gasteiger partial charge in [0, 0.05) is 18.9 Å². The SMILES string of the molecule is COCC(N)CSc1ncn[nH]1. The maximum absolute atomic E-state index is 5.69. The van der Waals surface area contributed by atoms with Crippen molar-refractivity contribution in [1.29, 1.82) is 0 Å². The van der Waals surface area contributed by atoms with Gasteiger partial charge in [0.2, 0.25) is 0 Å². The average molecular weight is 188 g/mol. The number of aromatic nitrogens is 3. The van der Waals surface area contributed by atoms with Crippen LogP contribution in [0.4, 0.5) is 0 Å². The largest absolute Gasteiger partial charge is 0.383 e. The van der Waals surface area contributed by atoms with Crippen molar-refractivity contribution in [3.8, 4) is 0 Å². The first-order valence-corrected chi connectivity index (χ1v) is 4.54. The Kier molecular flexibility index (Phi) is 4.06. The number of ether oxygens (including phenoxy) is 1. The number of nitrogens with zero attached hydrogens (tertiary/aromatic N) is 2. The molecular formula is C6H12N4OS. The molecule has 0 spiro atoms. The van der Waals surface area contributed by atoms with Crippen LogP contribution in [0.2, 0.25) is 0 Å². The lowest BCUT2D eigenvalue weighted by Crippen LogP contribution is -2.28. The van der Waals surface area contributed by atoms with Crippen molar-refractivity contribution in [2.24, 2.45) is 5.73 Å². The second kappa shape index (κ2) is 5.13. The molecule has 1 rings (SSSR count). The van der Waals surface area contributed by atoms with Gasteiger partial charge in [-0.15, -0.1) is 0 Å². The van der Waals surface area contributed by atoms with Crippen LogP contribution in [0.25, 0.3) is 0 Å². The van der Waals surface area contributed by atoms with E-state index in [1.807, 2.05) is 0 Å². The van der Waals surface area contributed by atoms with Gasteiger partial charge in [0.15, 0.2) is 5.16 Å². The van der Waals surface area contributed by atoms with Crippen LogP contribution >= 0.6 is 11.8 Å². The quantitative estimate of drug-likeness (QED) is 0.629. The Morgan fingerprint density at radius 3 is 3.25 bits per heavy atom. The van der Waals surface area contributed by atoms with Gasteiger partial charge in [-0.3, -0.25) is 5.10 Å². The molecule has 0 aliphatic rings. The molecule has 0 bridgehead atoms. The van der Waals surface area contributed by atoms with E-state index >= 15 is 0 Å². The van der Waals surface area contributed by atoms with E-state index in [4.69, 9.17) is 10.5 Å². The molecule has 6 heteroatoms. The Labute approximate surface area is 75.1 Å². The van der Waals surface area contributed by atoms with Crippen molar-refractivity contribution >= 4 is 11.8 Å². The lowest BCUT2D eigenvalue weighted by molar-refractivity contribution is 0.186. The zero-order chi connectivity index (χ0) is 8.81. The smallest absolute Gasteiger partial charge is 0.183 e. The van der Waals surface area contributed by atoms with E-state index in [1.54, 1.807) is 18.9 Å². The lowest BCUT2D eigenvalue weighted by atomic mass is 10.4. The lowest BCUT2D eigenvalue weighted by Gasteiger charge is -2.07. The molecule has 5 nitrogen and oxygen atoms in total. The third-order valence-corrected chi connectivity index (χ3v) is 2.27. The summed E-state index contributed by atoms with van der Waals surface area (Å²) in [5.41, 5.74) is 5.69. The second-order valence-electron chi connectivity index (χ2n) is 2.32. The zero-order valence-corrected chi connectivity index (χ0v) is 7.67. The predicted molar refractivity (Wildman–Crippen MR) is 47.0 cm³/mol. The minimum Gasteiger partial charge on any atom is -0.383 e. The summed E-state index contributed by atoms with van der Waals surface area (Å²) in [6.07, 6.45) is 1.48. The Morgan fingerprint density at radius 1 is 1.83 bits per heavy atom. The number of thioether (sulfide) groups is 1. The number of aromatic amines is 1. The summed E-state index contributed by atoms with van der Waals surface area (Å²) < 4.78 is 4.89. The summed E-state index contributed by atoms with van der Waals surface area (Å²) >= 11 is 1.54. The first-order chi connectivity index (χ1) is 5.83. The monoisotopic (exact) mass is 188 g/mol. The molecule has 3 N–H and O–H groups in total. The second-order valence-corrected chi connectivity index (χ2v) is 3.33. The van der Waals surface area contributed by atoms with Crippen molar-refractivity contribution in [3.63, 3.8) is 0 Å². The summed E-state index contributed by atoms with van der Waals surface area (Å²) in [5.74, 6) is 0.781. The normalized spacial score (nSPS) is 13.2. The van der Waals surface area contributed by atoms with Gasteiger partial charge in [-0.1, -0.05) is 11.8 Å². The van der Waals surface area contributed by atoms with Crippen molar-refractivity contribution in [3.05, 3.63) is 6.33 Å². The summed E-state index contributed by atoms with van der Waals surface area (Å²) in [5, 5.41) is 7.25. The minimum atomic E-state index is 0.0464. The van der Waals surface area contributed by atoms with Crippen molar-refractivity contribution < 1.29 is 4.74 Å². The van der Waals surface area contributed by atoms with E-state index in [0.29, 0.717) is 6.61 Å². The summed E-state index contributed by atoms with van der Waals surface area (Å²) in [6, 6.07) is 0.0464. The molecule has 1 atom stereocenters. The van der Waals surface area contributed by atoms with Crippen LogP contribution in [-0.4, -0.2) is 40.7 Å². The maximum atomic E-state index is 5.69. The van der Waals surface area contributed by atoms with Crippen molar-refractivity contribution in [2.45, 2.75) is 11.2 Å². The van der Waals surface area contributed by atoms with E-state index in [2.05, 4.69) is 15.2 Å². The summed E-state index contributed by atoms with van der Waals surface area (Å²) in [6.45, 7) is 0.571. The molecule has 1 unspecified atom stereocenters. The highest BCUT2D eigenvalue weighted by molar-refractivity contribution is 7.99. The van der Waals surface area contributed by atoms with Gasteiger partial charge >= 0.3 is 0 Å². The van der Waals surface area contributed by atoms with Crippen LogP contribution in [0.15, 0.2) is 11.5 Å². The fourth-order valence-electron chi connectivity index (χ4n) is 0.712. The summed E-state index contributed by atoms with van der Waals surface area (Å²) in [4.78, 5) is 3.95. The van der Waals surface area contributed by atoms with E-state index in [0.717, 1.165) is 10.9 Å². The van der Waals surface area contributed by atoms with Gasteiger partial charge in [0.1, 0.15) is 6.33 Å². The van der Waals surface area contributed by atoms with Crippen LogP contribution < -0.4 is 5.73 Å². The van der Waals surface area contributed by atoms with Gasteiger partial charge < -0.3 is 10.5 Å². The highest BCUT2D eigenvalue weighted by Gasteiger charge is 2.03. The number of methoxy groups -OCH3 is 1. The third kappa shape index (κ3) is 3.21. The Balaban J connectivity index is 2.17. The van der Waals surface area contributed by atoms with Gasteiger partial charge in [0.25, 0.3) is 0 Å². The van der Waals surface area contributed by atoms with Gasteiger partial charge in [0.05, 0.1) is 6.61 Å². The van der Waals surface area contributed by atoms with Crippen LogP contribution in [-0.2, 0) is 4.74 Å². The van der Waals surface area contributed by atoms with E-state index < -0.39 is 0 Å². The average Bonchev–Trinajstić information content (AvgIpc) is 2.53. The molecular weight excluding hydrogens is 176 g/mol. The van der Waals surface area contributed by atoms with E-state index in [1.165, 1.54) is 6.33 Å². The molecule has 68 valence electrons. The fourth-order valence-corrected chi connectivity index (χ4v) is 1.42. The highest BCUT2D eigenvalue weighted by atomic mass is 32.2. The fraction of sp³-hybridized carbons (Fsp3) is 0.667. The molecule has 1 heterocycles. The first-order valence-electron chi connectivity index (χ1n) is 3.55. The van der Waals surface area contributed by atoms with Crippen LogP contribution in [0.3, 0.4) is 0 Å². The molecule has 1 aromatic heterocycles. The number of hydrogen-bond acceptors (Lipinski definition) is 5. The van der Waals surface area contributed by atoms with Gasteiger partial charge in [-0.05, 0) is 0 Å². The van der Waals surface area contributed by atoms with Crippen molar-refractivity contribution in [2.75, 3.05) is 19.5 Å².